The second kappa shape index (κ2) is 9.38. The number of pyridine rings is 1. The van der Waals surface area contributed by atoms with Crippen molar-refractivity contribution < 1.29 is 18.3 Å². The largest absolute Gasteiger partial charge is 0.487 e. The van der Waals surface area contributed by atoms with Crippen molar-refractivity contribution in [1.29, 1.82) is 0 Å². The smallest absolute Gasteiger partial charge is 0.255 e. The molecule has 192 valence electrons. The molecule has 0 bridgehead atoms. The summed E-state index contributed by atoms with van der Waals surface area (Å²) in [7, 11) is 5.44. The van der Waals surface area contributed by atoms with Gasteiger partial charge in [0.15, 0.2) is 0 Å². The molecule has 0 unspecified atom stereocenters. The van der Waals surface area contributed by atoms with Crippen molar-refractivity contribution in [3.05, 3.63) is 113 Å². The van der Waals surface area contributed by atoms with E-state index in [0.29, 0.717) is 45.6 Å². The number of carbonyl (C=O) groups excluding carboxylic acids is 1. The molecule has 3 heterocycles. The van der Waals surface area contributed by atoms with Crippen LogP contribution in [-0.4, -0.2) is 41.3 Å². The normalized spacial score (nSPS) is 14.1. The summed E-state index contributed by atoms with van der Waals surface area (Å²) in [5, 5.41) is 4.45. The van der Waals surface area contributed by atoms with Crippen LogP contribution >= 0.6 is 0 Å². The Kier molecular flexibility index (Phi) is 5.98. The fourth-order valence-electron chi connectivity index (χ4n) is 5.23. The predicted molar refractivity (Wildman–Crippen MR) is 150 cm³/mol. The molecule has 5 aromatic rings. The summed E-state index contributed by atoms with van der Waals surface area (Å²) in [5.41, 5.74) is 3.50. The number of amides is 1. The third-order valence-corrected chi connectivity index (χ3v) is 7.30. The quantitative estimate of drug-likeness (QED) is 0.322. The number of hydrogen-bond donors (Lipinski definition) is 0. The summed E-state index contributed by atoms with van der Waals surface area (Å²) in [5.74, 6) is -1.16. The highest BCUT2D eigenvalue weighted by Gasteiger charge is 2.44. The van der Waals surface area contributed by atoms with Crippen LogP contribution in [0.25, 0.3) is 22.0 Å². The van der Waals surface area contributed by atoms with E-state index in [1.807, 2.05) is 46.0 Å². The van der Waals surface area contributed by atoms with Gasteiger partial charge in [-0.3, -0.25) is 14.5 Å². The molecule has 6 nitrogen and oxygen atoms in total. The van der Waals surface area contributed by atoms with Crippen molar-refractivity contribution in [1.82, 2.24) is 19.7 Å². The molecule has 2 aromatic heterocycles. The van der Waals surface area contributed by atoms with Crippen molar-refractivity contribution in [2.24, 2.45) is 7.05 Å². The van der Waals surface area contributed by atoms with Crippen molar-refractivity contribution in [3.63, 3.8) is 0 Å². The molecule has 1 aliphatic rings. The van der Waals surface area contributed by atoms with Gasteiger partial charge < -0.3 is 9.64 Å². The van der Waals surface area contributed by atoms with Gasteiger partial charge in [0.25, 0.3) is 5.91 Å². The second-order valence-corrected chi connectivity index (χ2v) is 10.2. The van der Waals surface area contributed by atoms with E-state index in [1.54, 1.807) is 48.4 Å². The Labute approximate surface area is 226 Å². The zero-order valence-corrected chi connectivity index (χ0v) is 21.8. The average molecular weight is 520 g/mol. The summed E-state index contributed by atoms with van der Waals surface area (Å²) in [4.78, 5) is 18.9. The van der Waals surface area contributed by atoms with Crippen molar-refractivity contribution in [2.75, 3.05) is 0 Å². The molecule has 3 aromatic carbocycles. The molecule has 0 aliphatic carbocycles. The lowest BCUT2D eigenvalue weighted by Crippen LogP contribution is -2.45. The molecule has 0 saturated carbocycles. The van der Waals surface area contributed by atoms with Gasteiger partial charge in [0, 0.05) is 35.7 Å². The molecule has 10 heteroatoms. The molecule has 0 radical (unpaired) electrons. The van der Waals surface area contributed by atoms with Gasteiger partial charge >= 0.3 is 0 Å². The maximum atomic E-state index is 15.5. The molecule has 0 N–H and O–H groups in total. The molecule has 0 saturated heterocycles. The van der Waals surface area contributed by atoms with Crippen LogP contribution in [0.15, 0.2) is 79.1 Å². The number of ether oxygens (including phenoxy) is 1. The van der Waals surface area contributed by atoms with Gasteiger partial charge in [-0.2, -0.15) is 5.10 Å². The van der Waals surface area contributed by atoms with Gasteiger partial charge in [0.1, 0.15) is 45.2 Å². The van der Waals surface area contributed by atoms with Gasteiger partial charge in [-0.25, -0.2) is 8.78 Å². The molecule has 0 spiro atoms. The summed E-state index contributed by atoms with van der Waals surface area (Å²) in [6, 6.07) is 19.3. The van der Waals surface area contributed by atoms with Gasteiger partial charge in [-0.15, -0.1) is 0 Å². The first kappa shape index (κ1) is 24.9. The Morgan fingerprint density at radius 2 is 1.72 bits per heavy atom. The van der Waals surface area contributed by atoms with Crippen molar-refractivity contribution >= 4 is 32.5 Å². The highest BCUT2D eigenvalue weighted by molar-refractivity contribution is 6.42. The molecular formula is C29H24B2F2N4O2. The highest BCUT2D eigenvalue weighted by atomic mass is 19.1. The van der Waals surface area contributed by atoms with Gasteiger partial charge in [-0.1, -0.05) is 30.3 Å². The van der Waals surface area contributed by atoms with E-state index >= 15 is 8.78 Å². The van der Waals surface area contributed by atoms with Gasteiger partial charge in [-0.05, 0) is 53.1 Å². The van der Waals surface area contributed by atoms with Crippen molar-refractivity contribution in [2.45, 2.75) is 18.5 Å². The molecule has 6 rings (SSSR count). The molecule has 39 heavy (non-hydrogen) atoms. The number of aryl methyl sites for hydroxylation is 1. The lowest BCUT2D eigenvalue weighted by Gasteiger charge is -2.32. The fraction of sp³-hybridized carbons (Fsp3) is 0.138. The number of carbonyl (C=O) groups is 1. The highest BCUT2D eigenvalue weighted by Crippen LogP contribution is 2.38. The second-order valence-electron chi connectivity index (χ2n) is 10.2. The van der Waals surface area contributed by atoms with E-state index in [4.69, 9.17) is 4.74 Å². The van der Waals surface area contributed by atoms with E-state index in [2.05, 4.69) is 10.1 Å². The number of nitrogens with zero attached hydrogens (tertiary/aromatic N) is 4. The molecule has 1 aliphatic heterocycles. The standard InChI is InChI=1S/C29H24B2F2N4O2/c1-36-14-21-19(9-10-25(26(21)35-36)39-16-17-6-3-2-4-7-17)18-12-23(32)22(24(33)13-18)15-37-28(38)20-8-5-11-34-27(20)29(37,30)31/h2-14H,15-16,30-31H2,1H3. The third-order valence-electron chi connectivity index (χ3n) is 7.30. The molecular weight excluding hydrogens is 496 g/mol. The fourth-order valence-corrected chi connectivity index (χ4v) is 5.23. The van der Waals surface area contributed by atoms with E-state index in [-0.39, 0.29) is 18.0 Å². The Balaban J connectivity index is 1.33. The minimum atomic E-state index is -0.803. The molecule has 0 fully saturated rings. The van der Waals surface area contributed by atoms with Crippen LogP contribution in [0.1, 0.15) is 27.2 Å². The van der Waals surface area contributed by atoms with Crippen LogP contribution in [0, 0.1) is 11.6 Å². The lowest BCUT2D eigenvalue weighted by molar-refractivity contribution is 0.0727. The number of rotatable bonds is 6. The van der Waals surface area contributed by atoms with Gasteiger partial charge in [0.2, 0.25) is 0 Å². The average Bonchev–Trinajstić information content (AvgIpc) is 3.40. The number of halogens is 2. The topological polar surface area (TPSA) is 60.3 Å². The van der Waals surface area contributed by atoms with Crippen LogP contribution in [0.4, 0.5) is 8.78 Å². The van der Waals surface area contributed by atoms with E-state index in [0.717, 1.165) is 5.56 Å². The number of hydrogen-bond acceptors (Lipinski definition) is 4. The molecule has 0 atom stereocenters. The minimum absolute atomic E-state index is 0.168. The monoisotopic (exact) mass is 520 g/mol. The van der Waals surface area contributed by atoms with E-state index in [1.165, 1.54) is 17.0 Å². The van der Waals surface area contributed by atoms with Crippen molar-refractivity contribution in [3.8, 4) is 16.9 Å². The SMILES string of the molecule is BC1(B)c2ncccc2C(=O)N1Cc1c(F)cc(-c2ccc(OCc3ccccc3)c3nn(C)cc23)cc1F. The number of benzene rings is 3. The summed E-state index contributed by atoms with van der Waals surface area (Å²) in [6.07, 6.45) is 3.42. The number of fused-ring (bicyclic) bond motifs is 2. The Bertz CT molecular complexity index is 1720. The van der Waals surface area contributed by atoms with E-state index < -0.39 is 17.0 Å². The lowest BCUT2D eigenvalue weighted by atomic mass is 9.59. The van der Waals surface area contributed by atoms with Crippen LogP contribution in [0.5, 0.6) is 5.75 Å². The minimum Gasteiger partial charge on any atom is -0.487 e. The zero-order valence-electron chi connectivity index (χ0n) is 21.8. The summed E-state index contributed by atoms with van der Waals surface area (Å²) < 4.78 is 38.7. The van der Waals surface area contributed by atoms with Crippen LogP contribution in [-0.2, 0) is 25.5 Å². The summed E-state index contributed by atoms with van der Waals surface area (Å²) >= 11 is 0. The third kappa shape index (κ3) is 4.26. The van der Waals surface area contributed by atoms with Crippen LogP contribution in [0.3, 0.4) is 0 Å². The van der Waals surface area contributed by atoms with Gasteiger partial charge in [0.05, 0.1) is 17.8 Å². The van der Waals surface area contributed by atoms with Crippen LogP contribution < -0.4 is 4.74 Å². The summed E-state index contributed by atoms with van der Waals surface area (Å²) in [6.45, 7) is 0.156. The van der Waals surface area contributed by atoms with Crippen LogP contribution in [0.2, 0.25) is 0 Å². The maximum absolute atomic E-state index is 15.5. The predicted octanol–water partition coefficient (Wildman–Crippen LogP) is 3.53. The Hall–Kier alpha value is -4.46. The first-order valence-electron chi connectivity index (χ1n) is 12.6. The Morgan fingerprint density at radius 1 is 0.974 bits per heavy atom. The van der Waals surface area contributed by atoms with E-state index in [9.17, 15) is 4.79 Å². The zero-order chi connectivity index (χ0) is 27.3. The molecule has 1 amide bonds. The first-order chi connectivity index (χ1) is 18.7. The Morgan fingerprint density at radius 3 is 2.44 bits per heavy atom. The maximum Gasteiger partial charge on any atom is 0.255 e. The first-order valence-corrected chi connectivity index (χ1v) is 12.6. The number of aromatic nitrogens is 3.